The molecule has 1 aliphatic rings. The van der Waals surface area contributed by atoms with E-state index < -0.39 is 18.1 Å². The first-order chi connectivity index (χ1) is 15.7. The van der Waals surface area contributed by atoms with Gasteiger partial charge >= 0.3 is 11.9 Å². The SMILES string of the molecule is CC(C)CC(NC(Cc1cncn1Cc1cc(I)cc(I)c1)C(=O)O)C(=O)OC1CCCC1. The fourth-order valence-electron chi connectivity index (χ4n) is 4.19. The number of carbonyl (C=O) groups is 2. The Balaban J connectivity index is 1.72. The first kappa shape index (κ1) is 26.4. The van der Waals surface area contributed by atoms with Crippen LogP contribution in [0.3, 0.4) is 0 Å². The topological polar surface area (TPSA) is 93.5 Å². The van der Waals surface area contributed by atoms with Gasteiger partial charge in [-0.05, 0) is 107 Å². The smallest absolute Gasteiger partial charge is 0.323 e. The van der Waals surface area contributed by atoms with Gasteiger partial charge in [-0.15, -0.1) is 0 Å². The number of ether oxygens (including phenoxy) is 1. The van der Waals surface area contributed by atoms with Gasteiger partial charge in [-0.1, -0.05) is 13.8 Å². The van der Waals surface area contributed by atoms with Gasteiger partial charge in [0.25, 0.3) is 0 Å². The Morgan fingerprint density at radius 3 is 2.45 bits per heavy atom. The lowest BCUT2D eigenvalue weighted by Crippen LogP contribution is -2.50. The van der Waals surface area contributed by atoms with Crippen LogP contribution in [-0.2, 0) is 27.3 Å². The molecule has 1 aromatic heterocycles. The molecule has 2 aromatic rings. The van der Waals surface area contributed by atoms with Gasteiger partial charge in [-0.25, -0.2) is 4.98 Å². The van der Waals surface area contributed by atoms with Gasteiger partial charge in [0.2, 0.25) is 0 Å². The van der Waals surface area contributed by atoms with E-state index in [1.807, 2.05) is 18.4 Å². The van der Waals surface area contributed by atoms with Gasteiger partial charge in [0.1, 0.15) is 18.2 Å². The highest BCUT2D eigenvalue weighted by molar-refractivity contribution is 14.1. The van der Waals surface area contributed by atoms with Crippen LogP contribution in [0.15, 0.2) is 30.7 Å². The number of aromatic nitrogens is 2. The van der Waals surface area contributed by atoms with Crippen LogP contribution in [0.4, 0.5) is 0 Å². The molecule has 3 rings (SSSR count). The van der Waals surface area contributed by atoms with E-state index in [2.05, 4.69) is 73.7 Å². The summed E-state index contributed by atoms with van der Waals surface area (Å²) in [7, 11) is 0. The van der Waals surface area contributed by atoms with Crippen LogP contribution in [0.2, 0.25) is 0 Å². The third-order valence-electron chi connectivity index (χ3n) is 5.76. The lowest BCUT2D eigenvalue weighted by atomic mass is 10.0. The highest BCUT2D eigenvalue weighted by atomic mass is 127. The molecule has 2 atom stereocenters. The van der Waals surface area contributed by atoms with Crippen molar-refractivity contribution >= 4 is 57.1 Å². The summed E-state index contributed by atoms with van der Waals surface area (Å²) in [5.41, 5.74) is 1.93. The summed E-state index contributed by atoms with van der Waals surface area (Å²) in [6.07, 6.45) is 8.04. The number of carbonyl (C=O) groups excluding carboxylic acids is 1. The quantitative estimate of drug-likeness (QED) is 0.266. The number of esters is 1. The second-order valence-corrected chi connectivity index (χ2v) is 11.6. The molecule has 1 heterocycles. The second-order valence-electron chi connectivity index (χ2n) is 9.08. The van der Waals surface area contributed by atoms with Gasteiger partial charge in [-0.3, -0.25) is 14.9 Å². The third kappa shape index (κ3) is 8.20. The average Bonchev–Trinajstić information content (AvgIpc) is 3.37. The molecule has 2 unspecified atom stereocenters. The Morgan fingerprint density at radius 2 is 1.85 bits per heavy atom. The number of carboxylic acids is 1. The Kier molecular flexibility index (Phi) is 9.98. The monoisotopic (exact) mass is 679 g/mol. The zero-order chi connectivity index (χ0) is 24.0. The molecule has 9 heteroatoms. The molecule has 0 bridgehead atoms. The maximum absolute atomic E-state index is 12.9. The van der Waals surface area contributed by atoms with E-state index >= 15 is 0 Å². The number of carboxylic acid groups (broad SMARTS) is 1. The lowest BCUT2D eigenvalue weighted by Gasteiger charge is -2.25. The summed E-state index contributed by atoms with van der Waals surface area (Å²) in [5, 5.41) is 13.0. The fraction of sp³-hybridized carbons (Fsp3) is 0.542. The molecular formula is C24H31I2N3O4. The van der Waals surface area contributed by atoms with Crippen molar-refractivity contribution in [2.45, 2.75) is 77.1 Å². The molecule has 1 aromatic carbocycles. The molecule has 1 aliphatic carbocycles. The van der Waals surface area contributed by atoms with Crippen molar-refractivity contribution in [3.63, 3.8) is 0 Å². The number of nitrogens with zero attached hydrogens (tertiary/aromatic N) is 2. The molecule has 2 N–H and O–H groups in total. The molecule has 0 saturated heterocycles. The van der Waals surface area contributed by atoms with Crippen molar-refractivity contribution < 1.29 is 19.4 Å². The van der Waals surface area contributed by atoms with Crippen molar-refractivity contribution in [1.82, 2.24) is 14.9 Å². The van der Waals surface area contributed by atoms with Gasteiger partial charge in [-0.2, -0.15) is 0 Å². The first-order valence-electron chi connectivity index (χ1n) is 11.3. The van der Waals surface area contributed by atoms with E-state index in [9.17, 15) is 14.7 Å². The number of benzene rings is 1. The van der Waals surface area contributed by atoms with Gasteiger partial charge < -0.3 is 14.4 Å². The summed E-state index contributed by atoms with van der Waals surface area (Å²) in [4.78, 5) is 29.3. The minimum absolute atomic E-state index is 0.0462. The van der Waals surface area contributed by atoms with Crippen molar-refractivity contribution in [2.75, 3.05) is 0 Å². The molecule has 33 heavy (non-hydrogen) atoms. The van der Waals surface area contributed by atoms with Crippen LogP contribution in [-0.4, -0.2) is 44.8 Å². The van der Waals surface area contributed by atoms with Gasteiger partial charge in [0.05, 0.1) is 6.33 Å². The van der Waals surface area contributed by atoms with Crippen LogP contribution < -0.4 is 5.32 Å². The second kappa shape index (κ2) is 12.5. The molecule has 0 spiro atoms. The zero-order valence-corrected chi connectivity index (χ0v) is 23.3. The first-order valence-corrected chi connectivity index (χ1v) is 13.5. The predicted octanol–water partition coefficient (Wildman–Crippen LogP) is 4.63. The van der Waals surface area contributed by atoms with E-state index in [4.69, 9.17) is 4.74 Å². The van der Waals surface area contributed by atoms with Crippen molar-refractivity contribution in [1.29, 1.82) is 0 Å². The number of nitrogens with one attached hydrogen (secondary N) is 1. The van der Waals surface area contributed by atoms with Crippen molar-refractivity contribution in [3.05, 3.63) is 49.1 Å². The number of halogens is 2. The predicted molar refractivity (Wildman–Crippen MR) is 143 cm³/mol. The molecular weight excluding hydrogens is 648 g/mol. The van der Waals surface area contributed by atoms with Crippen LogP contribution in [0.25, 0.3) is 0 Å². The highest BCUT2D eigenvalue weighted by Gasteiger charge is 2.31. The molecule has 0 aliphatic heterocycles. The largest absolute Gasteiger partial charge is 0.480 e. The standard InChI is InChI=1S/C24H31I2N3O4/c1-15(2)7-22(24(32)33-20-5-3-4-6-20)28-21(23(30)31)11-19-12-27-14-29(19)13-16-8-17(25)10-18(26)9-16/h8-10,12,14-15,20-22,28H,3-7,11,13H2,1-2H3,(H,30,31). The zero-order valence-electron chi connectivity index (χ0n) is 19.0. The van der Waals surface area contributed by atoms with Crippen LogP contribution in [0.5, 0.6) is 0 Å². The minimum Gasteiger partial charge on any atom is -0.480 e. The number of imidazole rings is 1. The summed E-state index contributed by atoms with van der Waals surface area (Å²) in [5.74, 6) is -1.11. The Hall–Kier alpha value is -1.21. The summed E-state index contributed by atoms with van der Waals surface area (Å²) >= 11 is 4.59. The van der Waals surface area contributed by atoms with E-state index in [1.165, 1.54) is 0 Å². The van der Waals surface area contributed by atoms with Crippen molar-refractivity contribution in [3.8, 4) is 0 Å². The Morgan fingerprint density at radius 1 is 1.18 bits per heavy atom. The maximum Gasteiger partial charge on any atom is 0.323 e. The number of rotatable bonds is 11. The summed E-state index contributed by atoms with van der Waals surface area (Å²) < 4.78 is 9.97. The number of hydrogen-bond donors (Lipinski definition) is 2. The normalized spacial score (nSPS) is 16.2. The Bertz CT molecular complexity index is 937. The number of aliphatic carboxylic acids is 1. The van der Waals surface area contributed by atoms with Gasteiger partial charge in [0, 0.05) is 32.0 Å². The summed E-state index contributed by atoms with van der Waals surface area (Å²) in [6.45, 7) is 4.64. The lowest BCUT2D eigenvalue weighted by molar-refractivity contribution is -0.152. The summed E-state index contributed by atoms with van der Waals surface area (Å²) in [6, 6.07) is 4.74. The van der Waals surface area contributed by atoms with E-state index in [-0.39, 0.29) is 24.4 Å². The molecule has 1 fully saturated rings. The average molecular weight is 679 g/mol. The molecule has 0 amide bonds. The minimum atomic E-state index is -0.992. The van der Waals surface area contributed by atoms with E-state index in [0.717, 1.165) is 44.1 Å². The molecule has 180 valence electrons. The molecule has 0 radical (unpaired) electrons. The van der Waals surface area contributed by atoms with E-state index in [0.29, 0.717) is 13.0 Å². The third-order valence-corrected chi connectivity index (χ3v) is 7.01. The van der Waals surface area contributed by atoms with Crippen LogP contribution in [0.1, 0.15) is 57.2 Å². The number of hydrogen-bond acceptors (Lipinski definition) is 5. The Labute approximate surface area is 222 Å². The fourth-order valence-corrected chi connectivity index (χ4v) is 6.25. The van der Waals surface area contributed by atoms with Gasteiger partial charge in [0.15, 0.2) is 0 Å². The van der Waals surface area contributed by atoms with Crippen LogP contribution >= 0.6 is 45.2 Å². The highest BCUT2D eigenvalue weighted by Crippen LogP contribution is 2.22. The maximum atomic E-state index is 12.9. The van der Waals surface area contributed by atoms with E-state index in [1.54, 1.807) is 12.5 Å². The van der Waals surface area contributed by atoms with Crippen molar-refractivity contribution in [2.24, 2.45) is 5.92 Å². The molecule has 1 saturated carbocycles. The van der Waals surface area contributed by atoms with Crippen LogP contribution in [0, 0.1) is 13.1 Å². The molecule has 7 nitrogen and oxygen atoms in total.